The van der Waals surface area contributed by atoms with Gasteiger partial charge in [-0.25, -0.2) is 0 Å². The SMILES string of the molecule is CCOc1ccc(NC(=O)c2oc3ccccc3c2NC(=O)/C=C\c2ccccc2)cc1. The molecule has 3 aromatic carbocycles. The zero-order chi connectivity index (χ0) is 22.3. The molecule has 32 heavy (non-hydrogen) atoms. The number of benzene rings is 3. The number of carbonyl (C=O) groups excluding carboxylic acids is 2. The molecule has 0 unspecified atom stereocenters. The predicted octanol–water partition coefficient (Wildman–Crippen LogP) is 5.74. The number of rotatable bonds is 7. The van der Waals surface area contributed by atoms with Crippen LogP contribution in [0.1, 0.15) is 23.0 Å². The van der Waals surface area contributed by atoms with Crippen LogP contribution >= 0.6 is 0 Å². The molecule has 6 nitrogen and oxygen atoms in total. The van der Waals surface area contributed by atoms with Gasteiger partial charge in [0.1, 0.15) is 17.0 Å². The molecule has 0 bridgehead atoms. The Kier molecular flexibility index (Phi) is 6.32. The van der Waals surface area contributed by atoms with E-state index in [1.54, 1.807) is 48.5 Å². The van der Waals surface area contributed by atoms with Crippen molar-refractivity contribution < 1.29 is 18.7 Å². The van der Waals surface area contributed by atoms with Crippen molar-refractivity contribution in [3.63, 3.8) is 0 Å². The van der Waals surface area contributed by atoms with Crippen LogP contribution in [0.15, 0.2) is 89.4 Å². The van der Waals surface area contributed by atoms with Crippen LogP contribution in [-0.4, -0.2) is 18.4 Å². The van der Waals surface area contributed by atoms with Crippen molar-refractivity contribution in [2.45, 2.75) is 6.92 Å². The summed E-state index contributed by atoms with van der Waals surface area (Å²) in [5.74, 6) is -0.0860. The quantitative estimate of drug-likeness (QED) is 0.370. The third-order valence-corrected chi connectivity index (χ3v) is 4.70. The lowest BCUT2D eigenvalue weighted by Gasteiger charge is -2.07. The van der Waals surface area contributed by atoms with Crippen LogP contribution in [0.4, 0.5) is 11.4 Å². The second-order valence-corrected chi connectivity index (χ2v) is 6.95. The average molecular weight is 426 g/mol. The number of amides is 2. The highest BCUT2D eigenvalue weighted by Gasteiger charge is 2.22. The van der Waals surface area contributed by atoms with Gasteiger partial charge in [0.2, 0.25) is 11.7 Å². The van der Waals surface area contributed by atoms with E-state index in [1.807, 2.05) is 43.3 Å². The minimum atomic E-state index is -0.465. The van der Waals surface area contributed by atoms with E-state index < -0.39 is 5.91 Å². The maximum Gasteiger partial charge on any atom is 0.293 e. The van der Waals surface area contributed by atoms with E-state index >= 15 is 0 Å². The van der Waals surface area contributed by atoms with Crippen molar-refractivity contribution in [2.75, 3.05) is 17.2 Å². The van der Waals surface area contributed by atoms with Gasteiger partial charge in [-0.15, -0.1) is 0 Å². The van der Waals surface area contributed by atoms with Gasteiger partial charge in [-0.05, 0) is 55.0 Å². The Hall–Kier alpha value is -4.32. The third-order valence-electron chi connectivity index (χ3n) is 4.70. The fraction of sp³-hybridized carbons (Fsp3) is 0.0769. The lowest BCUT2D eigenvalue weighted by atomic mass is 10.2. The molecule has 0 aliphatic heterocycles. The van der Waals surface area contributed by atoms with E-state index in [0.29, 0.717) is 34.7 Å². The molecule has 0 spiro atoms. The number of hydrogen-bond donors (Lipinski definition) is 2. The van der Waals surface area contributed by atoms with E-state index in [0.717, 1.165) is 5.56 Å². The molecule has 160 valence electrons. The molecule has 4 rings (SSSR count). The van der Waals surface area contributed by atoms with Crippen LogP contribution in [-0.2, 0) is 4.79 Å². The molecular weight excluding hydrogens is 404 g/mol. The number of anilines is 2. The van der Waals surface area contributed by atoms with Gasteiger partial charge in [-0.2, -0.15) is 0 Å². The summed E-state index contributed by atoms with van der Waals surface area (Å²) in [6, 6.07) is 23.7. The van der Waals surface area contributed by atoms with Crippen molar-refractivity contribution in [1.29, 1.82) is 0 Å². The normalized spacial score (nSPS) is 10.9. The van der Waals surface area contributed by atoms with Crippen molar-refractivity contribution >= 4 is 40.2 Å². The van der Waals surface area contributed by atoms with E-state index in [4.69, 9.17) is 9.15 Å². The molecule has 0 saturated carbocycles. The van der Waals surface area contributed by atoms with Crippen molar-refractivity contribution in [3.8, 4) is 5.75 Å². The third kappa shape index (κ3) is 4.87. The standard InChI is InChI=1S/C26H22N2O4/c1-2-31-20-15-13-19(14-16-20)27-26(30)25-24(21-10-6-7-11-22(21)32-25)28-23(29)17-12-18-8-4-3-5-9-18/h3-17H,2H2,1H3,(H,27,30)(H,28,29)/b17-12-. The van der Waals surface area contributed by atoms with Gasteiger partial charge in [-0.1, -0.05) is 42.5 Å². The smallest absolute Gasteiger partial charge is 0.293 e. The van der Waals surface area contributed by atoms with Crippen LogP contribution in [0.3, 0.4) is 0 Å². The van der Waals surface area contributed by atoms with Crippen LogP contribution < -0.4 is 15.4 Å². The maximum atomic E-state index is 13.0. The molecule has 0 aliphatic rings. The number of ether oxygens (including phenoxy) is 1. The van der Waals surface area contributed by atoms with Crippen LogP contribution in [0, 0.1) is 0 Å². The van der Waals surface area contributed by atoms with Gasteiger partial charge in [0.25, 0.3) is 5.91 Å². The van der Waals surface area contributed by atoms with E-state index in [2.05, 4.69) is 10.6 Å². The number of para-hydroxylation sites is 1. The number of fused-ring (bicyclic) bond motifs is 1. The summed E-state index contributed by atoms with van der Waals surface area (Å²) in [4.78, 5) is 25.5. The van der Waals surface area contributed by atoms with Crippen molar-refractivity contribution in [3.05, 3.63) is 96.3 Å². The molecule has 0 saturated heterocycles. The summed E-state index contributed by atoms with van der Waals surface area (Å²) in [7, 11) is 0. The summed E-state index contributed by atoms with van der Waals surface area (Å²) >= 11 is 0. The first kappa shape index (κ1) is 20.9. The second-order valence-electron chi connectivity index (χ2n) is 6.95. The lowest BCUT2D eigenvalue weighted by Crippen LogP contribution is -2.15. The molecule has 0 atom stereocenters. The molecule has 1 aromatic heterocycles. The highest BCUT2D eigenvalue weighted by atomic mass is 16.5. The monoisotopic (exact) mass is 426 g/mol. The molecule has 0 aliphatic carbocycles. The Balaban J connectivity index is 1.57. The minimum absolute atomic E-state index is 0.0292. The Morgan fingerprint density at radius 1 is 0.906 bits per heavy atom. The summed E-state index contributed by atoms with van der Waals surface area (Å²) in [6.45, 7) is 2.47. The highest BCUT2D eigenvalue weighted by molar-refractivity contribution is 6.16. The van der Waals surface area contributed by atoms with Crippen LogP contribution in [0.2, 0.25) is 0 Å². The van der Waals surface area contributed by atoms with Crippen LogP contribution in [0.25, 0.3) is 17.0 Å². The molecule has 2 N–H and O–H groups in total. The molecular formula is C26H22N2O4. The van der Waals surface area contributed by atoms with E-state index in [1.165, 1.54) is 6.08 Å². The molecule has 4 aromatic rings. The van der Waals surface area contributed by atoms with Crippen molar-refractivity contribution in [2.24, 2.45) is 0 Å². The Morgan fingerprint density at radius 3 is 2.38 bits per heavy atom. The Bertz CT molecular complexity index is 1260. The van der Waals surface area contributed by atoms with Gasteiger partial charge in [0.15, 0.2) is 0 Å². The fourth-order valence-corrected chi connectivity index (χ4v) is 3.22. The Labute approximate surface area is 185 Å². The van der Waals surface area contributed by atoms with Crippen LogP contribution in [0.5, 0.6) is 5.75 Å². The average Bonchev–Trinajstić information content (AvgIpc) is 3.18. The molecule has 6 heteroatoms. The first-order chi connectivity index (χ1) is 15.6. The number of nitrogens with one attached hydrogen (secondary N) is 2. The largest absolute Gasteiger partial charge is 0.494 e. The Morgan fingerprint density at radius 2 is 1.62 bits per heavy atom. The summed E-state index contributed by atoms with van der Waals surface area (Å²) in [5.41, 5.74) is 2.31. The molecule has 0 radical (unpaired) electrons. The number of carbonyl (C=O) groups is 2. The molecule has 2 amide bonds. The summed E-state index contributed by atoms with van der Waals surface area (Å²) in [5, 5.41) is 6.24. The first-order valence-corrected chi connectivity index (χ1v) is 10.2. The zero-order valence-corrected chi connectivity index (χ0v) is 17.5. The van der Waals surface area contributed by atoms with Crippen molar-refractivity contribution in [1.82, 2.24) is 0 Å². The second kappa shape index (κ2) is 9.66. The molecule has 0 fully saturated rings. The van der Waals surface area contributed by atoms with Gasteiger partial charge >= 0.3 is 0 Å². The zero-order valence-electron chi connectivity index (χ0n) is 17.5. The van der Waals surface area contributed by atoms with Gasteiger partial charge in [0.05, 0.1) is 6.61 Å². The van der Waals surface area contributed by atoms with Gasteiger partial charge < -0.3 is 19.8 Å². The first-order valence-electron chi connectivity index (χ1n) is 10.2. The van der Waals surface area contributed by atoms with Gasteiger partial charge in [0, 0.05) is 17.1 Å². The lowest BCUT2D eigenvalue weighted by molar-refractivity contribution is -0.111. The maximum absolute atomic E-state index is 13.0. The minimum Gasteiger partial charge on any atom is -0.494 e. The van der Waals surface area contributed by atoms with E-state index in [9.17, 15) is 9.59 Å². The predicted molar refractivity (Wildman–Crippen MR) is 126 cm³/mol. The number of hydrogen-bond acceptors (Lipinski definition) is 4. The molecule has 1 heterocycles. The summed E-state index contributed by atoms with van der Waals surface area (Å²) < 4.78 is 11.2. The highest BCUT2D eigenvalue weighted by Crippen LogP contribution is 2.31. The fourth-order valence-electron chi connectivity index (χ4n) is 3.22. The summed E-state index contributed by atoms with van der Waals surface area (Å²) in [6.07, 6.45) is 3.13. The topological polar surface area (TPSA) is 80.6 Å². The van der Waals surface area contributed by atoms with E-state index in [-0.39, 0.29) is 11.7 Å². The number of furan rings is 1. The van der Waals surface area contributed by atoms with Gasteiger partial charge in [-0.3, -0.25) is 9.59 Å².